The lowest BCUT2D eigenvalue weighted by Gasteiger charge is -2.08. The standard InChI is InChI=1S/C12H14FNO/c13-10-5-3-9(4-6-10)12(15)7-11(14)8-1-2-8/h3-6,8,11H,1-2,7,14H2. The van der Waals surface area contributed by atoms with Crippen LogP contribution in [0.4, 0.5) is 4.39 Å². The second-order valence-corrected chi connectivity index (χ2v) is 4.14. The first-order chi connectivity index (χ1) is 7.16. The Labute approximate surface area is 88.3 Å². The average Bonchev–Trinajstić information content (AvgIpc) is 3.01. The first kappa shape index (κ1) is 10.3. The summed E-state index contributed by atoms with van der Waals surface area (Å²) in [6, 6.07) is 5.60. The van der Waals surface area contributed by atoms with E-state index in [9.17, 15) is 9.18 Å². The van der Waals surface area contributed by atoms with Crippen molar-refractivity contribution in [3.8, 4) is 0 Å². The maximum atomic E-state index is 12.6. The van der Waals surface area contributed by atoms with E-state index < -0.39 is 0 Å². The minimum absolute atomic E-state index is 0.00870. The number of hydrogen-bond acceptors (Lipinski definition) is 2. The highest BCUT2D eigenvalue weighted by molar-refractivity contribution is 5.96. The first-order valence-electron chi connectivity index (χ1n) is 5.21. The summed E-state index contributed by atoms with van der Waals surface area (Å²) in [6.07, 6.45) is 2.64. The third-order valence-corrected chi connectivity index (χ3v) is 2.81. The molecular formula is C12H14FNO. The molecule has 1 fully saturated rings. The van der Waals surface area contributed by atoms with Gasteiger partial charge in [0.2, 0.25) is 0 Å². The van der Waals surface area contributed by atoms with Gasteiger partial charge in [-0.2, -0.15) is 0 Å². The van der Waals surface area contributed by atoms with Crippen molar-refractivity contribution in [2.24, 2.45) is 11.7 Å². The highest BCUT2D eigenvalue weighted by atomic mass is 19.1. The van der Waals surface area contributed by atoms with Gasteiger partial charge in [0.15, 0.2) is 5.78 Å². The average molecular weight is 207 g/mol. The second kappa shape index (κ2) is 4.11. The molecule has 0 heterocycles. The number of nitrogens with two attached hydrogens (primary N) is 1. The van der Waals surface area contributed by atoms with E-state index in [2.05, 4.69) is 0 Å². The van der Waals surface area contributed by atoms with E-state index >= 15 is 0 Å². The summed E-state index contributed by atoms with van der Waals surface area (Å²) >= 11 is 0. The van der Waals surface area contributed by atoms with Crippen LogP contribution in [0.3, 0.4) is 0 Å². The van der Waals surface area contributed by atoms with E-state index in [1.807, 2.05) is 0 Å². The smallest absolute Gasteiger partial charge is 0.164 e. The molecule has 0 bridgehead atoms. The molecule has 0 radical (unpaired) electrons. The number of halogens is 1. The van der Waals surface area contributed by atoms with Gasteiger partial charge in [0.1, 0.15) is 5.82 Å². The zero-order valence-corrected chi connectivity index (χ0v) is 8.45. The van der Waals surface area contributed by atoms with Crippen LogP contribution in [-0.4, -0.2) is 11.8 Å². The molecular weight excluding hydrogens is 193 g/mol. The van der Waals surface area contributed by atoms with E-state index in [0.717, 1.165) is 12.8 Å². The van der Waals surface area contributed by atoms with Crippen LogP contribution in [0, 0.1) is 11.7 Å². The number of rotatable bonds is 4. The number of hydrogen-bond donors (Lipinski definition) is 1. The van der Waals surface area contributed by atoms with E-state index in [1.54, 1.807) is 0 Å². The van der Waals surface area contributed by atoms with Gasteiger partial charge in [0.05, 0.1) is 0 Å². The van der Waals surface area contributed by atoms with Gasteiger partial charge in [0, 0.05) is 18.0 Å². The monoisotopic (exact) mass is 207 g/mol. The summed E-state index contributed by atoms with van der Waals surface area (Å²) in [5.41, 5.74) is 6.40. The predicted molar refractivity (Wildman–Crippen MR) is 56.0 cm³/mol. The first-order valence-corrected chi connectivity index (χ1v) is 5.21. The van der Waals surface area contributed by atoms with Crippen molar-refractivity contribution in [3.05, 3.63) is 35.6 Å². The number of Topliss-reactive ketones (excluding diaryl/α,β-unsaturated/α-hetero) is 1. The topological polar surface area (TPSA) is 43.1 Å². The normalized spacial score (nSPS) is 17.5. The molecule has 0 spiro atoms. The molecule has 1 atom stereocenters. The third kappa shape index (κ3) is 2.63. The van der Waals surface area contributed by atoms with Crippen LogP contribution in [0.15, 0.2) is 24.3 Å². The zero-order valence-electron chi connectivity index (χ0n) is 8.45. The molecule has 1 unspecified atom stereocenters. The molecule has 1 aromatic rings. The molecule has 3 heteroatoms. The Morgan fingerprint density at radius 3 is 2.53 bits per heavy atom. The van der Waals surface area contributed by atoms with Gasteiger partial charge in [-0.3, -0.25) is 4.79 Å². The lowest BCUT2D eigenvalue weighted by atomic mass is 10.0. The van der Waals surface area contributed by atoms with E-state index in [-0.39, 0.29) is 17.6 Å². The quantitative estimate of drug-likeness (QED) is 0.768. The minimum Gasteiger partial charge on any atom is -0.327 e. The summed E-state index contributed by atoms with van der Waals surface area (Å²) in [5, 5.41) is 0. The van der Waals surface area contributed by atoms with Crippen molar-refractivity contribution in [2.45, 2.75) is 25.3 Å². The number of carbonyl (C=O) groups is 1. The van der Waals surface area contributed by atoms with Gasteiger partial charge in [-0.1, -0.05) is 0 Å². The lowest BCUT2D eigenvalue weighted by Crippen LogP contribution is -2.25. The van der Waals surface area contributed by atoms with Gasteiger partial charge in [0.25, 0.3) is 0 Å². The van der Waals surface area contributed by atoms with Crippen LogP contribution in [0.1, 0.15) is 29.6 Å². The highest BCUT2D eigenvalue weighted by Gasteiger charge is 2.29. The van der Waals surface area contributed by atoms with E-state index in [4.69, 9.17) is 5.73 Å². The van der Waals surface area contributed by atoms with Crippen LogP contribution in [0.2, 0.25) is 0 Å². The fourth-order valence-electron chi connectivity index (χ4n) is 1.66. The van der Waals surface area contributed by atoms with Crippen LogP contribution in [0.5, 0.6) is 0 Å². The Morgan fingerprint density at radius 1 is 1.40 bits per heavy atom. The number of carbonyl (C=O) groups excluding carboxylic acids is 1. The second-order valence-electron chi connectivity index (χ2n) is 4.14. The molecule has 0 aromatic heterocycles. The van der Waals surface area contributed by atoms with Crippen LogP contribution in [-0.2, 0) is 0 Å². The molecule has 1 aliphatic carbocycles. The molecule has 15 heavy (non-hydrogen) atoms. The number of ketones is 1. The highest BCUT2D eigenvalue weighted by Crippen LogP contribution is 2.33. The molecule has 2 nitrogen and oxygen atoms in total. The molecule has 0 aliphatic heterocycles. The van der Waals surface area contributed by atoms with Gasteiger partial charge in [-0.05, 0) is 43.0 Å². The van der Waals surface area contributed by atoms with Gasteiger partial charge in [-0.15, -0.1) is 0 Å². The maximum Gasteiger partial charge on any atom is 0.164 e. The lowest BCUT2D eigenvalue weighted by molar-refractivity contribution is 0.0971. The van der Waals surface area contributed by atoms with Crippen molar-refractivity contribution >= 4 is 5.78 Å². The predicted octanol–water partition coefficient (Wildman–Crippen LogP) is 2.14. The van der Waals surface area contributed by atoms with Crippen molar-refractivity contribution in [1.29, 1.82) is 0 Å². The molecule has 1 saturated carbocycles. The molecule has 1 aromatic carbocycles. The summed E-state index contributed by atoms with van der Waals surface area (Å²) in [4.78, 5) is 11.7. The maximum absolute atomic E-state index is 12.6. The van der Waals surface area contributed by atoms with Gasteiger partial charge in [-0.25, -0.2) is 4.39 Å². The van der Waals surface area contributed by atoms with Crippen molar-refractivity contribution in [2.75, 3.05) is 0 Å². The largest absolute Gasteiger partial charge is 0.327 e. The zero-order chi connectivity index (χ0) is 10.8. The number of benzene rings is 1. The van der Waals surface area contributed by atoms with Gasteiger partial charge < -0.3 is 5.73 Å². The molecule has 0 amide bonds. The molecule has 2 N–H and O–H groups in total. The summed E-state index contributed by atoms with van der Waals surface area (Å²) in [6.45, 7) is 0. The van der Waals surface area contributed by atoms with Crippen molar-refractivity contribution < 1.29 is 9.18 Å². The summed E-state index contributed by atoms with van der Waals surface area (Å²) < 4.78 is 12.6. The summed E-state index contributed by atoms with van der Waals surface area (Å²) in [7, 11) is 0. The molecule has 80 valence electrons. The Balaban J connectivity index is 1.97. The molecule has 2 rings (SSSR count). The summed E-state index contributed by atoms with van der Waals surface area (Å²) in [5.74, 6) is 0.210. The molecule has 1 aliphatic rings. The van der Waals surface area contributed by atoms with Crippen LogP contribution in [0.25, 0.3) is 0 Å². The Bertz CT molecular complexity index is 356. The third-order valence-electron chi connectivity index (χ3n) is 2.81. The van der Waals surface area contributed by atoms with Gasteiger partial charge >= 0.3 is 0 Å². The van der Waals surface area contributed by atoms with E-state index in [0.29, 0.717) is 17.9 Å². The fraction of sp³-hybridized carbons (Fsp3) is 0.417. The van der Waals surface area contributed by atoms with Crippen molar-refractivity contribution in [1.82, 2.24) is 0 Å². The SMILES string of the molecule is NC(CC(=O)c1ccc(F)cc1)C1CC1. The van der Waals surface area contributed by atoms with Crippen LogP contribution >= 0.6 is 0 Å². The Kier molecular flexibility index (Phi) is 2.82. The Hall–Kier alpha value is -1.22. The van der Waals surface area contributed by atoms with Crippen LogP contribution < -0.4 is 5.73 Å². The fourth-order valence-corrected chi connectivity index (χ4v) is 1.66. The minimum atomic E-state index is -0.321. The Morgan fingerprint density at radius 2 is 2.00 bits per heavy atom. The van der Waals surface area contributed by atoms with E-state index in [1.165, 1.54) is 24.3 Å². The molecule has 0 saturated heterocycles. The van der Waals surface area contributed by atoms with Crippen molar-refractivity contribution in [3.63, 3.8) is 0 Å².